The first-order valence-electron chi connectivity index (χ1n) is 8.22. The Morgan fingerprint density at radius 1 is 1.36 bits per heavy atom. The van der Waals surface area contributed by atoms with Gasteiger partial charge in [-0.05, 0) is 32.0 Å². The van der Waals surface area contributed by atoms with Crippen molar-refractivity contribution < 1.29 is 0 Å². The van der Waals surface area contributed by atoms with Gasteiger partial charge in [-0.2, -0.15) is 0 Å². The molecule has 0 bridgehead atoms. The molecular formula is C17H28IN5S2. The van der Waals surface area contributed by atoms with Gasteiger partial charge in [0, 0.05) is 42.5 Å². The zero-order valence-electron chi connectivity index (χ0n) is 15.3. The van der Waals surface area contributed by atoms with Gasteiger partial charge in [0.25, 0.3) is 0 Å². The molecule has 1 unspecified atom stereocenters. The molecule has 0 spiro atoms. The van der Waals surface area contributed by atoms with Gasteiger partial charge in [0.05, 0.1) is 11.0 Å². The van der Waals surface area contributed by atoms with E-state index < -0.39 is 0 Å². The number of hydrogen-bond acceptors (Lipinski definition) is 5. The lowest BCUT2D eigenvalue weighted by Gasteiger charge is -2.24. The molecule has 0 aliphatic carbocycles. The monoisotopic (exact) mass is 493 g/mol. The predicted octanol–water partition coefficient (Wildman–Crippen LogP) is 3.40. The Labute approximate surface area is 176 Å². The molecule has 5 nitrogen and oxygen atoms in total. The fraction of sp³-hybridized carbons (Fsp3) is 0.529. The molecule has 0 amide bonds. The summed E-state index contributed by atoms with van der Waals surface area (Å²) in [4.78, 5) is 13.7. The average molecular weight is 493 g/mol. The van der Waals surface area contributed by atoms with Crippen LogP contribution in [0.3, 0.4) is 0 Å². The lowest BCUT2D eigenvalue weighted by molar-refractivity contribution is 0.302. The summed E-state index contributed by atoms with van der Waals surface area (Å²) in [5.74, 6) is 0.839. The normalized spacial score (nSPS) is 12.8. The second-order valence-corrected chi connectivity index (χ2v) is 7.88. The van der Waals surface area contributed by atoms with Crippen LogP contribution in [0.25, 0.3) is 0 Å². The molecule has 2 heterocycles. The number of rotatable bonds is 8. The van der Waals surface area contributed by atoms with E-state index in [1.54, 1.807) is 22.7 Å². The number of aromatic nitrogens is 1. The van der Waals surface area contributed by atoms with E-state index in [4.69, 9.17) is 0 Å². The molecule has 25 heavy (non-hydrogen) atoms. The van der Waals surface area contributed by atoms with Crippen molar-refractivity contribution in [3.05, 3.63) is 38.5 Å². The van der Waals surface area contributed by atoms with Crippen molar-refractivity contribution in [2.24, 2.45) is 4.99 Å². The maximum Gasteiger partial charge on any atom is 0.191 e. The smallest absolute Gasteiger partial charge is 0.191 e. The number of guanidine groups is 1. The van der Waals surface area contributed by atoms with Crippen molar-refractivity contribution >= 4 is 52.6 Å². The molecule has 8 heteroatoms. The Morgan fingerprint density at radius 2 is 2.16 bits per heavy atom. The van der Waals surface area contributed by atoms with Crippen molar-refractivity contribution in [1.82, 2.24) is 20.5 Å². The molecule has 2 aromatic heterocycles. The topological polar surface area (TPSA) is 52.6 Å². The highest BCUT2D eigenvalue weighted by Gasteiger charge is 2.15. The molecule has 0 fully saturated rings. The highest BCUT2D eigenvalue weighted by Crippen LogP contribution is 2.22. The quantitative estimate of drug-likeness (QED) is 0.336. The van der Waals surface area contributed by atoms with Crippen LogP contribution in [0.15, 0.2) is 28.7 Å². The summed E-state index contributed by atoms with van der Waals surface area (Å²) in [6.45, 7) is 3.82. The van der Waals surface area contributed by atoms with Gasteiger partial charge in [-0.3, -0.25) is 4.99 Å². The molecule has 2 rings (SSSR count). The third-order valence-electron chi connectivity index (χ3n) is 3.76. The maximum atomic E-state index is 4.45. The number of hydrogen-bond donors (Lipinski definition) is 2. The number of nitrogens with one attached hydrogen (secondary N) is 2. The van der Waals surface area contributed by atoms with Gasteiger partial charge in [0.15, 0.2) is 5.96 Å². The first-order valence-corrected chi connectivity index (χ1v) is 9.91. The van der Waals surface area contributed by atoms with Crippen LogP contribution < -0.4 is 10.6 Å². The molecule has 0 radical (unpaired) electrons. The molecule has 0 aromatic carbocycles. The highest BCUT2D eigenvalue weighted by atomic mass is 127. The summed E-state index contributed by atoms with van der Waals surface area (Å²) in [5.41, 5.74) is 0. The molecular weight excluding hydrogens is 465 g/mol. The van der Waals surface area contributed by atoms with E-state index in [1.807, 2.05) is 13.2 Å². The van der Waals surface area contributed by atoms with Crippen molar-refractivity contribution in [2.75, 3.05) is 34.2 Å². The van der Waals surface area contributed by atoms with Gasteiger partial charge in [-0.15, -0.1) is 46.7 Å². The minimum atomic E-state index is 0. The number of nitrogens with zero attached hydrogens (tertiary/aromatic N) is 3. The Hall–Kier alpha value is -0.710. The number of aliphatic imine (C=N–C) groups is 1. The summed E-state index contributed by atoms with van der Waals surface area (Å²) in [6, 6.07) is 4.62. The van der Waals surface area contributed by atoms with E-state index in [0.29, 0.717) is 6.04 Å². The van der Waals surface area contributed by atoms with Gasteiger partial charge >= 0.3 is 0 Å². The zero-order chi connectivity index (χ0) is 17.4. The molecule has 0 aliphatic heterocycles. The van der Waals surface area contributed by atoms with Crippen LogP contribution in [0.2, 0.25) is 0 Å². The van der Waals surface area contributed by atoms with E-state index in [2.05, 4.69) is 64.0 Å². The van der Waals surface area contributed by atoms with Crippen LogP contribution in [0.1, 0.15) is 27.7 Å². The Balaban J connectivity index is 0.00000312. The molecule has 0 saturated heterocycles. The third-order valence-corrected chi connectivity index (χ3v) is 5.94. The number of likely N-dealkylation sites (N-methyl/N-ethyl adjacent to an activating group) is 1. The summed E-state index contributed by atoms with van der Waals surface area (Å²) >= 11 is 3.59. The number of aryl methyl sites for hydroxylation is 1. The minimum absolute atomic E-state index is 0. The number of thiophene rings is 1. The standard InChI is InChI=1S/C17H27N5S2.HI/c1-5-13-11-20-16(24-13)8-9-19-17(18-2)21-12-14(22(3)4)15-7-6-10-23-15;/h6-7,10-11,14H,5,8-9,12H2,1-4H3,(H2,18,19,21);1H. The molecule has 0 aliphatic rings. The van der Waals surface area contributed by atoms with E-state index in [0.717, 1.165) is 31.9 Å². The van der Waals surface area contributed by atoms with E-state index in [9.17, 15) is 0 Å². The van der Waals surface area contributed by atoms with E-state index >= 15 is 0 Å². The average Bonchev–Trinajstić information content (AvgIpc) is 3.24. The summed E-state index contributed by atoms with van der Waals surface area (Å²) < 4.78 is 0. The van der Waals surface area contributed by atoms with Crippen LogP contribution in [0.5, 0.6) is 0 Å². The second kappa shape index (κ2) is 11.8. The Bertz CT molecular complexity index is 625. The van der Waals surface area contributed by atoms with Crippen molar-refractivity contribution in [2.45, 2.75) is 25.8 Å². The first-order chi connectivity index (χ1) is 11.6. The van der Waals surface area contributed by atoms with Crippen LogP contribution in [0.4, 0.5) is 0 Å². The van der Waals surface area contributed by atoms with Gasteiger partial charge < -0.3 is 15.5 Å². The molecule has 1 atom stereocenters. The van der Waals surface area contributed by atoms with Crippen molar-refractivity contribution in [1.29, 1.82) is 0 Å². The second-order valence-electron chi connectivity index (χ2n) is 5.70. The summed E-state index contributed by atoms with van der Waals surface area (Å²) in [6.07, 6.45) is 3.96. The molecule has 140 valence electrons. The summed E-state index contributed by atoms with van der Waals surface area (Å²) in [5, 5.41) is 10.1. The Morgan fingerprint density at radius 3 is 2.72 bits per heavy atom. The Kier molecular flexibility index (Phi) is 10.6. The first kappa shape index (κ1) is 22.3. The molecule has 2 N–H and O–H groups in total. The summed E-state index contributed by atoms with van der Waals surface area (Å²) in [7, 11) is 6.02. The lowest BCUT2D eigenvalue weighted by Crippen LogP contribution is -2.42. The molecule has 2 aromatic rings. The minimum Gasteiger partial charge on any atom is -0.356 e. The van der Waals surface area contributed by atoms with Crippen LogP contribution >= 0.6 is 46.7 Å². The van der Waals surface area contributed by atoms with Gasteiger partial charge in [-0.1, -0.05) is 13.0 Å². The van der Waals surface area contributed by atoms with Crippen molar-refractivity contribution in [3.8, 4) is 0 Å². The van der Waals surface area contributed by atoms with Crippen molar-refractivity contribution in [3.63, 3.8) is 0 Å². The fourth-order valence-electron chi connectivity index (χ4n) is 2.35. The van der Waals surface area contributed by atoms with Gasteiger partial charge in [0.2, 0.25) is 0 Å². The van der Waals surface area contributed by atoms with E-state index in [-0.39, 0.29) is 24.0 Å². The largest absolute Gasteiger partial charge is 0.356 e. The van der Waals surface area contributed by atoms with Crippen LogP contribution in [-0.4, -0.2) is 50.1 Å². The number of halogens is 1. The molecule has 0 saturated carbocycles. The zero-order valence-corrected chi connectivity index (χ0v) is 19.2. The van der Waals surface area contributed by atoms with Gasteiger partial charge in [0.1, 0.15) is 0 Å². The van der Waals surface area contributed by atoms with Gasteiger partial charge in [-0.25, -0.2) is 4.98 Å². The predicted molar refractivity (Wildman–Crippen MR) is 121 cm³/mol. The fourth-order valence-corrected chi connectivity index (χ4v) is 4.13. The lowest BCUT2D eigenvalue weighted by atomic mass is 10.2. The maximum absolute atomic E-state index is 4.45. The highest BCUT2D eigenvalue weighted by molar-refractivity contribution is 14.0. The van der Waals surface area contributed by atoms with Crippen LogP contribution in [0, 0.1) is 0 Å². The van der Waals surface area contributed by atoms with Crippen LogP contribution in [-0.2, 0) is 12.8 Å². The number of thiazole rings is 1. The third kappa shape index (κ3) is 7.20. The van der Waals surface area contributed by atoms with E-state index in [1.165, 1.54) is 14.8 Å². The SMILES string of the molecule is CCc1cnc(CCNC(=NC)NCC(c2cccs2)N(C)C)s1.I.